The first-order valence-electron chi connectivity index (χ1n) is 11.2. The van der Waals surface area contributed by atoms with Crippen molar-refractivity contribution < 1.29 is 17.9 Å². The number of sulfonamides is 1. The minimum atomic E-state index is -3.93. The van der Waals surface area contributed by atoms with Gasteiger partial charge in [0.15, 0.2) is 17.4 Å². The van der Waals surface area contributed by atoms with Crippen LogP contribution in [-0.2, 0) is 10.0 Å². The quantitative estimate of drug-likeness (QED) is 0.304. The van der Waals surface area contributed by atoms with Gasteiger partial charge in [0.05, 0.1) is 34.7 Å². The highest BCUT2D eigenvalue weighted by Crippen LogP contribution is 2.41. The number of phenolic OH excluding ortho intramolecular Hbond substituents is 1. The summed E-state index contributed by atoms with van der Waals surface area (Å²) in [5.74, 6) is 1.53. The smallest absolute Gasteiger partial charge is 0.248 e. The van der Waals surface area contributed by atoms with Crippen LogP contribution in [0.2, 0.25) is 5.02 Å². The summed E-state index contributed by atoms with van der Waals surface area (Å²) in [7, 11) is -3.93. The van der Waals surface area contributed by atoms with Gasteiger partial charge in [-0.15, -0.1) is 0 Å². The third kappa shape index (κ3) is 4.88. The monoisotopic (exact) mass is 525 g/mol. The first kappa shape index (κ1) is 24.8. The summed E-state index contributed by atoms with van der Waals surface area (Å²) < 4.78 is 41.9. The number of nitrogens with zero attached hydrogens (tertiary/aromatic N) is 3. The number of benzene rings is 1. The molecule has 0 radical (unpaired) electrons. The largest absolute Gasteiger partial charge is 0.504 e. The van der Waals surface area contributed by atoms with Crippen LogP contribution < -0.4 is 10.6 Å². The van der Waals surface area contributed by atoms with Gasteiger partial charge in [-0.3, -0.25) is 0 Å². The Labute approximate surface area is 208 Å². The van der Waals surface area contributed by atoms with Gasteiger partial charge in [0.1, 0.15) is 10.7 Å². The van der Waals surface area contributed by atoms with Crippen molar-refractivity contribution in [1.29, 1.82) is 0 Å². The fourth-order valence-electron chi connectivity index (χ4n) is 3.84. The van der Waals surface area contributed by atoms with E-state index in [-0.39, 0.29) is 21.6 Å². The predicted octanol–water partition coefficient (Wildman–Crippen LogP) is 5.70. The number of nitrogens with one attached hydrogen (secondary N) is 2. The summed E-state index contributed by atoms with van der Waals surface area (Å²) in [5.41, 5.74) is 1.29. The molecule has 0 amide bonds. The fourth-order valence-corrected chi connectivity index (χ4v) is 6.42. The number of anilines is 3. The van der Waals surface area contributed by atoms with Gasteiger partial charge in [-0.25, -0.2) is 8.42 Å². The second-order valence-corrected chi connectivity index (χ2v) is 11.3. The van der Waals surface area contributed by atoms with Crippen LogP contribution in [0.4, 0.5) is 17.3 Å². The van der Waals surface area contributed by atoms with Gasteiger partial charge >= 0.3 is 0 Å². The number of hydrogen-bond acceptors (Lipinski definition) is 9. The normalized spacial score (nSPS) is 15.7. The molecule has 0 spiro atoms. The minimum Gasteiger partial charge on any atom is -0.504 e. The molecule has 3 N–H and O–H groups in total. The highest BCUT2D eigenvalue weighted by atomic mass is 35.5. The number of aromatic nitrogens is 2. The van der Waals surface area contributed by atoms with Crippen LogP contribution in [0.3, 0.4) is 0 Å². The van der Waals surface area contributed by atoms with Crippen molar-refractivity contribution >= 4 is 50.7 Å². The van der Waals surface area contributed by atoms with Crippen LogP contribution >= 0.6 is 23.3 Å². The molecule has 34 heavy (non-hydrogen) atoms. The lowest BCUT2D eigenvalue weighted by molar-refractivity contribution is 0.445. The van der Waals surface area contributed by atoms with Gasteiger partial charge in [-0.05, 0) is 48.9 Å². The Morgan fingerprint density at radius 3 is 2.59 bits per heavy atom. The maximum Gasteiger partial charge on any atom is 0.248 e. The van der Waals surface area contributed by atoms with E-state index in [4.69, 9.17) is 16.0 Å². The molecular formula is C22H28ClN5O4S2. The highest BCUT2D eigenvalue weighted by molar-refractivity contribution is 7.89. The molecule has 0 saturated carbocycles. The molecule has 9 nitrogen and oxygen atoms in total. The van der Waals surface area contributed by atoms with Crippen molar-refractivity contribution in [3.8, 4) is 5.75 Å². The number of aromatic hydroxyl groups is 1. The lowest BCUT2D eigenvalue weighted by atomic mass is 10.1. The van der Waals surface area contributed by atoms with Gasteiger partial charge < -0.3 is 20.2 Å². The maximum atomic E-state index is 13.1. The van der Waals surface area contributed by atoms with E-state index in [0.717, 1.165) is 42.3 Å². The van der Waals surface area contributed by atoms with Gasteiger partial charge in [-0.2, -0.15) is 13.1 Å². The predicted molar refractivity (Wildman–Crippen MR) is 134 cm³/mol. The average Bonchev–Trinajstić information content (AvgIpc) is 3.56. The standard InChI is InChI=1S/C22H28ClN5O4S2/c1-4-16(18-11-14(12-32-18)13(2)3)24-21-22(27-33-26-21)25-17-8-7-15(23)20(19(17)29)34(30,31)28-9-5-6-10-28/h7-8,11-13,16,29H,4-6,9-10H2,1-3H3,(H,24,26)(H,25,27)/t16-/m1/s1. The molecule has 3 heterocycles. The molecule has 0 bridgehead atoms. The van der Waals surface area contributed by atoms with E-state index >= 15 is 0 Å². The number of furan rings is 1. The van der Waals surface area contributed by atoms with E-state index in [1.165, 1.54) is 16.4 Å². The number of rotatable bonds is 9. The Kier molecular flexibility index (Phi) is 7.36. The average molecular weight is 526 g/mol. The third-order valence-electron chi connectivity index (χ3n) is 5.86. The Balaban J connectivity index is 1.59. The summed E-state index contributed by atoms with van der Waals surface area (Å²) in [6, 6.07) is 4.86. The van der Waals surface area contributed by atoms with E-state index in [1.807, 2.05) is 13.0 Å². The zero-order chi connectivity index (χ0) is 24.5. The van der Waals surface area contributed by atoms with Gasteiger partial charge in [-0.1, -0.05) is 32.4 Å². The molecule has 184 valence electrons. The van der Waals surface area contributed by atoms with Crippen LogP contribution in [0.15, 0.2) is 33.8 Å². The summed E-state index contributed by atoms with van der Waals surface area (Å²) >= 11 is 7.21. The van der Waals surface area contributed by atoms with Crippen LogP contribution in [0.25, 0.3) is 0 Å². The van der Waals surface area contributed by atoms with E-state index in [9.17, 15) is 13.5 Å². The second-order valence-electron chi connectivity index (χ2n) is 8.51. The number of phenols is 1. The highest BCUT2D eigenvalue weighted by Gasteiger charge is 2.33. The van der Waals surface area contributed by atoms with E-state index in [0.29, 0.717) is 30.6 Å². The fraction of sp³-hybridized carbons (Fsp3) is 0.455. The lowest BCUT2D eigenvalue weighted by Gasteiger charge is -2.19. The van der Waals surface area contributed by atoms with Gasteiger partial charge in [0.2, 0.25) is 10.0 Å². The van der Waals surface area contributed by atoms with Crippen LogP contribution in [0.5, 0.6) is 5.75 Å². The van der Waals surface area contributed by atoms with Gasteiger partial charge in [0.25, 0.3) is 0 Å². The Morgan fingerprint density at radius 2 is 1.94 bits per heavy atom. The Hall–Kier alpha value is -2.34. The minimum absolute atomic E-state index is 0.0328. The molecule has 1 fully saturated rings. The van der Waals surface area contributed by atoms with Crippen molar-refractivity contribution in [2.45, 2.75) is 56.9 Å². The van der Waals surface area contributed by atoms with Crippen molar-refractivity contribution in [3.05, 3.63) is 40.8 Å². The molecule has 4 rings (SSSR count). The van der Waals surface area contributed by atoms with E-state index in [2.05, 4.69) is 33.2 Å². The molecule has 1 aliphatic heterocycles. The molecule has 2 aromatic heterocycles. The van der Waals surface area contributed by atoms with E-state index < -0.39 is 15.8 Å². The van der Waals surface area contributed by atoms with Crippen molar-refractivity contribution in [2.75, 3.05) is 23.7 Å². The molecule has 1 atom stereocenters. The summed E-state index contributed by atoms with van der Waals surface area (Å²) in [6.07, 6.45) is 4.06. The Bertz CT molecular complexity index is 1250. The molecule has 3 aromatic rings. The topological polar surface area (TPSA) is 121 Å². The Morgan fingerprint density at radius 1 is 1.24 bits per heavy atom. The van der Waals surface area contributed by atoms with Crippen molar-refractivity contribution in [3.63, 3.8) is 0 Å². The molecule has 12 heteroatoms. The summed E-state index contributed by atoms with van der Waals surface area (Å²) in [4.78, 5) is -0.304. The summed E-state index contributed by atoms with van der Waals surface area (Å²) in [5, 5.41) is 17.2. The van der Waals surface area contributed by atoms with Gasteiger partial charge in [0, 0.05) is 13.1 Å². The zero-order valence-electron chi connectivity index (χ0n) is 19.2. The number of hydrogen-bond donors (Lipinski definition) is 3. The molecule has 1 aliphatic rings. The summed E-state index contributed by atoms with van der Waals surface area (Å²) in [6.45, 7) is 7.05. The van der Waals surface area contributed by atoms with Crippen molar-refractivity contribution in [2.24, 2.45) is 0 Å². The first-order valence-corrected chi connectivity index (χ1v) is 13.7. The lowest BCUT2D eigenvalue weighted by Crippen LogP contribution is -2.28. The van der Waals surface area contributed by atoms with Crippen LogP contribution in [0, 0.1) is 0 Å². The van der Waals surface area contributed by atoms with Crippen molar-refractivity contribution in [1.82, 2.24) is 13.1 Å². The molecule has 0 aliphatic carbocycles. The third-order valence-corrected chi connectivity index (χ3v) is 8.79. The SMILES string of the molecule is CC[C@@H](Nc1nsnc1Nc1ccc(Cl)c(S(=O)(=O)N2CCCC2)c1O)c1cc(C(C)C)co1. The van der Waals surface area contributed by atoms with Crippen LogP contribution in [-0.4, -0.2) is 39.7 Å². The second kappa shape index (κ2) is 10.1. The number of halogens is 1. The van der Waals surface area contributed by atoms with Crippen LogP contribution in [0.1, 0.15) is 63.3 Å². The molecule has 1 saturated heterocycles. The molecule has 1 aromatic carbocycles. The molecule has 0 unspecified atom stereocenters. The maximum absolute atomic E-state index is 13.1. The van der Waals surface area contributed by atoms with E-state index in [1.54, 1.807) is 6.26 Å². The zero-order valence-corrected chi connectivity index (χ0v) is 21.6. The first-order chi connectivity index (χ1) is 16.2. The molecular weight excluding hydrogens is 498 g/mol.